The number of aryl methyl sites for hydroxylation is 2. The van der Waals surface area contributed by atoms with Gasteiger partial charge in [-0.3, -0.25) is 0 Å². The number of aromatic nitrogens is 2. The van der Waals surface area contributed by atoms with Crippen LogP contribution in [0.3, 0.4) is 0 Å². The molecule has 0 aliphatic carbocycles. The summed E-state index contributed by atoms with van der Waals surface area (Å²) in [7, 11) is 7.93. The topological polar surface area (TPSA) is 63.7 Å². The average Bonchev–Trinajstić information content (AvgIpc) is 3.09. The Balaban J connectivity index is 1.23. The third-order valence-corrected chi connectivity index (χ3v) is 9.81. The first kappa shape index (κ1) is 35.1. The lowest BCUT2D eigenvalue weighted by molar-refractivity contribution is -0.671. The molecule has 2 aromatic carbocycles. The third-order valence-electron chi connectivity index (χ3n) is 7.45. The van der Waals surface area contributed by atoms with Crippen molar-refractivity contribution in [2.24, 2.45) is 34.6 Å². The van der Waals surface area contributed by atoms with Crippen LogP contribution in [0.4, 0.5) is 34.1 Å². The van der Waals surface area contributed by atoms with Crippen molar-refractivity contribution in [1.29, 1.82) is 0 Å². The normalized spacial score (nSPS) is 11.5. The SMILES string of the molecule is CCCCN(CCSSCCN(CCCC)c1ccc(N=Nc2cc[n+](C)cc2)cc1)c1ccc(N=Nc2cc[n+](C)cc2)cc1. The van der Waals surface area contributed by atoms with Crippen LogP contribution in [0.2, 0.25) is 0 Å². The van der Waals surface area contributed by atoms with Crippen molar-refractivity contribution in [2.75, 3.05) is 47.5 Å². The first-order chi connectivity index (χ1) is 22.5. The molecule has 0 bridgehead atoms. The lowest BCUT2D eigenvalue weighted by Crippen LogP contribution is -2.27. The van der Waals surface area contributed by atoms with Crippen molar-refractivity contribution in [3.05, 3.63) is 97.6 Å². The minimum atomic E-state index is 0.851. The molecule has 4 rings (SSSR count). The zero-order chi connectivity index (χ0) is 32.4. The Morgan fingerprint density at radius 2 is 0.804 bits per heavy atom. The van der Waals surface area contributed by atoms with Crippen LogP contribution in [-0.2, 0) is 14.1 Å². The fraction of sp³-hybridized carbons (Fsp3) is 0.389. The minimum Gasteiger partial charge on any atom is -0.371 e. The number of rotatable bonds is 19. The monoisotopic (exact) mass is 656 g/mol. The van der Waals surface area contributed by atoms with Gasteiger partial charge in [-0.2, -0.15) is 20.5 Å². The van der Waals surface area contributed by atoms with Crippen LogP contribution in [0.15, 0.2) is 118 Å². The van der Waals surface area contributed by atoms with Gasteiger partial charge in [-0.25, -0.2) is 9.13 Å². The second-order valence-electron chi connectivity index (χ2n) is 11.2. The highest BCUT2D eigenvalue weighted by atomic mass is 33.1. The Labute approximate surface area is 283 Å². The van der Waals surface area contributed by atoms with E-state index in [0.717, 1.165) is 60.4 Å². The summed E-state index contributed by atoms with van der Waals surface area (Å²) in [6.45, 7) is 8.68. The number of benzene rings is 2. The number of hydrogen-bond donors (Lipinski definition) is 0. The van der Waals surface area contributed by atoms with Crippen LogP contribution >= 0.6 is 21.6 Å². The third kappa shape index (κ3) is 12.2. The first-order valence-electron chi connectivity index (χ1n) is 16.2. The molecule has 0 aliphatic heterocycles. The summed E-state index contributed by atoms with van der Waals surface area (Å²) in [5.41, 5.74) is 5.93. The molecule has 0 saturated carbocycles. The molecule has 0 N–H and O–H groups in total. The van der Waals surface area contributed by atoms with Gasteiger partial charge in [-0.1, -0.05) is 48.3 Å². The van der Waals surface area contributed by atoms with Crippen LogP contribution in [0.25, 0.3) is 0 Å². The van der Waals surface area contributed by atoms with E-state index < -0.39 is 0 Å². The van der Waals surface area contributed by atoms with Crippen LogP contribution in [0.5, 0.6) is 0 Å². The largest absolute Gasteiger partial charge is 0.371 e. The van der Waals surface area contributed by atoms with Gasteiger partial charge < -0.3 is 9.80 Å². The number of azo groups is 2. The molecule has 0 spiro atoms. The van der Waals surface area contributed by atoms with Gasteiger partial charge in [0.15, 0.2) is 24.8 Å². The van der Waals surface area contributed by atoms with E-state index in [2.05, 4.69) is 92.6 Å². The van der Waals surface area contributed by atoms with Crippen LogP contribution in [0, 0.1) is 0 Å². The van der Waals surface area contributed by atoms with Gasteiger partial charge in [0.1, 0.15) is 14.1 Å². The van der Waals surface area contributed by atoms with E-state index >= 15 is 0 Å². The van der Waals surface area contributed by atoms with Gasteiger partial charge in [0.05, 0.1) is 22.7 Å². The van der Waals surface area contributed by atoms with Crippen molar-refractivity contribution < 1.29 is 9.13 Å². The maximum Gasteiger partial charge on any atom is 0.170 e. The molecule has 0 aliphatic rings. The van der Waals surface area contributed by atoms with Gasteiger partial charge in [0, 0.05) is 73.3 Å². The standard InChI is InChI=1S/C36H48N8S2/c1-5-7-21-43(35-13-9-31(10-14-35)37-39-33-17-23-41(3)24-18-33)27-29-45-46-30-28-44(22-8-6-2)36-15-11-32(12-16-36)38-40-34-19-25-42(4)26-20-34/h9-20,23-26H,5-8,21-22,27-30H2,1-4H3/q+2. The highest BCUT2D eigenvalue weighted by Crippen LogP contribution is 2.27. The summed E-state index contributed by atoms with van der Waals surface area (Å²) >= 11 is 0. The predicted octanol–water partition coefficient (Wildman–Crippen LogP) is 9.46. The van der Waals surface area contributed by atoms with Gasteiger partial charge in [0.2, 0.25) is 0 Å². The van der Waals surface area contributed by atoms with Gasteiger partial charge >= 0.3 is 0 Å². The smallest absolute Gasteiger partial charge is 0.170 e. The number of nitrogens with zero attached hydrogens (tertiary/aromatic N) is 8. The summed E-state index contributed by atoms with van der Waals surface area (Å²) in [4.78, 5) is 5.00. The summed E-state index contributed by atoms with van der Waals surface area (Å²) in [5.74, 6) is 2.16. The van der Waals surface area contributed by atoms with Crippen LogP contribution in [-0.4, -0.2) is 37.7 Å². The quantitative estimate of drug-likeness (QED) is 0.0437. The second kappa shape index (κ2) is 19.7. The molecule has 0 unspecified atom stereocenters. The van der Waals surface area contributed by atoms with Crippen molar-refractivity contribution in [1.82, 2.24) is 0 Å². The van der Waals surface area contributed by atoms with Crippen molar-refractivity contribution in [2.45, 2.75) is 39.5 Å². The molecule has 0 amide bonds. The second-order valence-corrected chi connectivity index (χ2v) is 13.9. The van der Waals surface area contributed by atoms with E-state index in [-0.39, 0.29) is 0 Å². The maximum absolute atomic E-state index is 4.42. The molecule has 46 heavy (non-hydrogen) atoms. The molecule has 4 aromatic rings. The van der Waals surface area contributed by atoms with E-state index in [0.29, 0.717) is 0 Å². The Morgan fingerprint density at radius 1 is 0.478 bits per heavy atom. The highest BCUT2D eigenvalue weighted by molar-refractivity contribution is 8.76. The van der Waals surface area contributed by atoms with E-state index in [1.807, 2.05) is 93.9 Å². The molecule has 8 nitrogen and oxygen atoms in total. The Morgan fingerprint density at radius 3 is 1.13 bits per heavy atom. The summed E-state index contributed by atoms with van der Waals surface area (Å²) in [6, 6.07) is 24.8. The van der Waals surface area contributed by atoms with Gasteiger partial charge in [-0.15, -0.1) is 0 Å². The van der Waals surface area contributed by atoms with Gasteiger partial charge in [0.25, 0.3) is 0 Å². The molecule has 2 aromatic heterocycles. The number of anilines is 2. The molecular weight excluding hydrogens is 609 g/mol. The zero-order valence-electron chi connectivity index (χ0n) is 27.7. The van der Waals surface area contributed by atoms with Crippen LogP contribution < -0.4 is 18.9 Å². The van der Waals surface area contributed by atoms with Crippen molar-refractivity contribution in [3.63, 3.8) is 0 Å². The van der Waals surface area contributed by atoms with Crippen molar-refractivity contribution in [3.8, 4) is 0 Å². The molecule has 242 valence electrons. The highest BCUT2D eigenvalue weighted by Gasteiger charge is 2.09. The predicted molar refractivity (Wildman–Crippen MR) is 196 cm³/mol. The fourth-order valence-corrected chi connectivity index (χ4v) is 6.64. The maximum atomic E-state index is 4.42. The zero-order valence-corrected chi connectivity index (χ0v) is 29.3. The van der Waals surface area contributed by atoms with Gasteiger partial charge in [-0.05, 0) is 61.4 Å². The molecule has 2 heterocycles. The first-order valence-corrected chi connectivity index (χ1v) is 18.7. The molecule has 0 atom stereocenters. The molecular formula is C36H48N8S2+2. The number of hydrogen-bond acceptors (Lipinski definition) is 8. The molecule has 10 heteroatoms. The Hall–Kier alpha value is -3.76. The molecule has 0 radical (unpaired) electrons. The number of pyridine rings is 2. The lowest BCUT2D eigenvalue weighted by atomic mass is 10.2. The van der Waals surface area contributed by atoms with E-state index in [1.54, 1.807) is 0 Å². The minimum absolute atomic E-state index is 0.851. The van der Waals surface area contributed by atoms with E-state index in [1.165, 1.54) is 37.1 Å². The number of unbranched alkanes of at least 4 members (excludes halogenated alkanes) is 2. The Bertz CT molecular complexity index is 1360. The van der Waals surface area contributed by atoms with E-state index in [9.17, 15) is 0 Å². The molecule has 0 saturated heterocycles. The average molecular weight is 657 g/mol. The summed E-state index contributed by atoms with van der Waals surface area (Å²) < 4.78 is 3.97. The molecule has 0 fully saturated rings. The lowest BCUT2D eigenvalue weighted by Gasteiger charge is -2.25. The summed E-state index contributed by atoms with van der Waals surface area (Å²) in [6.07, 6.45) is 12.6. The fourth-order valence-electron chi connectivity index (χ4n) is 4.66. The van der Waals surface area contributed by atoms with Crippen molar-refractivity contribution >= 4 is 55.7 Å². The van der Waals surface area contributed by atoms with E-state index in [4.69, 9.17) is 0 Å². The summed E-state index contributed by atoms with van der Waals surface area (Å²) in [5, 5.41) is 17.6. The van der Waals surface area contributed by atoms with Crippen LogP contribution in [0.1, 0.15) is 39.5 Å². The Kier molecular flexibility index (Phi) is 15.0.